The number of anilines is 1. The Morgan fingerprint density at radius 3 is 2.67 bits per heavy atom. The van der Waals surface area contributed by atoms with E-state index in [4.69, 9.17) is 9.72 Å². The SMILES string of the molecule is CCNc1nc(-c2cc(Br)ccc2OC)nc(CC)c1I. The van der Waals surface area contributed by atoms with Gasteiger partial charge in [0, 0.05) is 11.0 Å². The normalized spacial score (nSPS) is 10.5. The predicted octanol–water partition coefficient (Wildman–Crippen LogP) is 4.51. The summed E-state index contributed by atoms with van der Waals surface area (Å²) in [6.45, 7) is 4.98. The van der Waals surface area contributed by atoms with E-state index in [-0.39, 0.29) is 0 Å². The van der Waals surface area contributed by atoms with Gasteiger partial charge >= 0.3 is 0 Å². The highest BCUT2D eigenvalue weighted by molar-refractivity contribution is 14.1. The molecule has 2 aromatic rings. The number of rotatable bonds is 5. The number of benzene rings is 1. The third kappa shape index (κ3) is 3.66. The van der Waals surface area contributed by atoms with Crippen molar-refractivity contribution in [2.45, 2.75) is 20.3 Å². The lowest BCUT2D eigenvalue weighted by atomic mass is 10.1. The van der Waals surface area contributed by atoms with E-state index >= 15 is 0 Å². The second-order valence-electron chi connectivity index (χ2n) is 4.38. The smallest absolute Gasteiger partial charge is 0.165 e. The van der Waals surface area contributed by atoms with Crippen LogP contribution in [0.5, 0.6) is 5.75 Å². The molecule has 0 saturated heterocycles. The number of nitrogens with one attached hydrogen (secondary N) is 1. The lowest BCUT2D eigenvalue weighted by molar-refractivity contribution is 0.416. The maximum Gasteiger partial charge on any atom is 0.165 e. The van der Waals surface area contributed by atoms with Crippen LogP contribution in [0.15, 0.2) is 22.7 Å². The minimum absolute atomic E-state index is 0.682. The van der Waals surface area contributed by atoms with Crippen molar-refractivity contribution in [2.75, 3.05) is 19.0 Å². The number of nitrogens with zero attached hydrogens (tertiary/aromatic N) is 2. The lowest BCUT2D eigenvalue weighted by Crippen LogP contribution is -2.08. The predicted molar refractivity (Wildman–Crippen MR) is 98.0 cm³/mol. The topological polar surface area (TPSA) is 47.0 Å². The van der Waals surface area contributed by atoms with Crippen molar-refractivity contribution in [1.82, 2.24) is 9.97 Å². The first kappa shape index (κ1) is 16.5. The van der Waals surface area contributed by atoms with E-state index < -0.39 is 0 Å². The van der Waals surface area contributed by atoms with Gasteiger partial charge in [-0.1, -0.05) is 22.9 Å². The molecule has 0 unspecified atom stereocenters. The monoisotopic (exact) mass is 461 g/mol. The Hall–Kier alpha value is -0.890. The van der Waals surface area contributed by atoms with Crippen molar-refractivity contribution in [2.24, 2.45) is 0 Å². The van der Waals surface area contributed by atoms with Gasteiger partial charge in [-0.2, -0.15) is 0 Å². The molecule has 1 heterocycles. The molecule has 0 amide bonds. The minimum Gasteiger partial charge on any atom is -0.496 e. The molecule has 0 aliphatic heterocycles. The summed E-state index contributed by atoms with van der Waals surface area (Å²) >= 11 is 5.79. The molecule has 1 N–H and O–H groups in total. The number of hydrogen-bond donors (Lipinski definition) is 1. The Morgan fingerprint density at radius 1 is 1.29 bits per heavy atom. The van der Waals surface area contributed by atoms with Gasteiger partial charge in [0.15, 0.2) is 5.82 Å². The van der Waals surface area contributed by atoms with E-state index in [1.54, 1.807) is 7.11 Å². The third-order valence-corrected chi connectivity index (χ3v) is 4.63. The van der Waals surface area contributed by atoms with Crippen LogP contribution in [0.3, 0.4) is 0 Å². The van der Waals surface area contributed by atoms with Gasteiger partial charge in [-0.15, -0.1) is 0 Å². The average Bonchev–Trinajstić information content (AvgIpc) is 2.49. The fourth-order valence-electron chi connectivity index (χ4n) is 1.99. The number of halogens is 2. The highest BCUT2D eigenvalue weighted by atomic mass is 127. The summed E-state index contributed by atoms with van der Waals surface area (Å²) in [7, 11) is 1.66. The Bertz CT molecular complexity index is 649. The first-order chi connectivity index (χ1) is 10.1. The lowest BCUT2D eigenvalue weighted by Gasteiger charge is -2.13. The highest BCUT2D eigenvalue weighted by Gasteiger charge is 2.15. The van der Waals surface area contributed by atoms with Crippen molar-refractivity contribution in [3.63, 3.8) is 0 Å². The van der Waals surface area contributed by atoms with Crippen molar-refractivity contribution in [3.05, 3.63) is 31.9 Å². The molecule has 2 rings (SSSR count). The molecule has 0 radical (unpaired) electrons. The Balaban J connectivity index is 2.63. The minimum atomic E-state index is 0.682. The van der Waals surface area contributed by atoms with Crippen LogP contribution in [0.1, 0.15) is 19.5 Å². The standard InChI is InChI=1S/C15H17BrIN3O/c1-4-11-13(17)15(18-5-2)20-14(19-11)10-8-9(16)6-7-12(10)21-3/h6-8H,4-5H2,1-3H3,(H,18,19,20). The molecule has 0 spiro atoms. The summed E-state index contributed by atoms with van der Waals surface area (Å²) in [6.07, 6.45) is 0.864. The first-order valence-corrected chi connectivity index (χ1v) is 8.62. The van der Waals surface area contributed by atoms with E-state index in [9.17, 15) is 0 Å². The third-order valence-electron chi connectivity index (χ3n) is 3.00. The zero-order chi connectivity index (χ0) is 15.4. The van der Waals surface area contributed by atoms with Crippen molar-refractivity contribution in [3.8, 4) is 17.1 Å². The first-order valence-electron chi connectivity index (χ1n) is 6.74. The van der Waals surface area contributed by atoms with E-state index in [1.807, 2.05) is 18.2 Å². The van der Waals surface area contributed by atoms with Crippen LogP contribution in [0.2, 0.25) is 0 Å². The van der Waals surface area contributed by atoms with Crippen molar-refractivity contribution < 1.29 is 4.74 Å². The fourth-order valence-corrected chi connectivity index (χ4v) is 3.16. The summed E-state index contributed by atoms with van der Waals surface area (Å²) in [5.74, 6) is 2.33. The van der Waals surface area contributed by atoms with Crippen LogP contribution in [-0.2, 0) is 6.42 Å². The van der Waals surface area contributed by atoms with Gasteiger partial charge in [0.25, 0.3) is 0 Å². The van der Waals surface area contributed by atoms with Crippen LogP contribution in [0.4, 0.5) is 5.82 Å². The summed E-state index contributed by atoms with van der Waals surface area (Å²) < 4.78 is 7.49. The molecule has 21 heavy (non-hydrogen) atoms. The molecular weight excluding hydrogens is 445 g/mol. The summed E-state index contributed by atoms with van der Waals surface area (Å²) in [6, 6.07) is 5.84. The quantitative estimate of drug-likeness (QED) is 0.665. The van der Waals surface area contributed by atoms with Crippen molar-refractivity contribution >= 4 is 44.3 Å². The molecule has 0 aliphatic carbocycles. The number of methoxy groups -OCH3 is 1. The molecule has 4 nitrogen and oxygen atoms in total. The summed E-state index contributed by atoms with van der Waals surface area (Å²) in [5, 5.41) is 3.30. The number of hydrogen-bond acceptors (Lipinski definition) is 4. The van der Waals surface area contributed by atoms with Crippen LogP contribution in [0, 0.1) is 3.57 Å². The number of aromatic nitrogens is 2. The molecule has 6 heteroatoms. The molecule has 0 saturated carbocycles. The van der Waals surface area contributed by atoms with Gasteiger partial charge in [-0.25, -0.2) is 9.97 Å². The largest absolute Gasteiger partial charge is 0.496 e. The number of ether oxygens (including phenoxy) is 1. The van der Waals surface area contributed by atoms with Gasteiger partial charge < -0.3 is 10.1 Å². The van der Waals surface area contributed by atoms with Gasteiger partial charge in [0.05, 0.1) is 21.9 Å². The van der Waals surface area contributed by atoms with Crippen molar-refractivity contribution in [1.29, 1.82) is 0 Å². The Labute approximate surface area is 147 Å². The van der Waals surface area contributed by atoms with Crippen LogP contribution < -0.4 is 10.1 Å². The molecule has 0 fully saturated rings. The van der Waals surface area contributed by atoms with E-state index in [0.29, 0.717) is 5.82 Å². The molecule has 0 atom stereocenters. The summed E-state index contributed by atoms with van der Waals surface area (Å²) in [5.41, 5.74) is 1.93. The maximum atomic E-state index is 5.44. The van der Waals surface area contributed by atoms with Crippen LogP contribution >= 0.6 is 38.5 Å². The van der Waals surface area contributed by atoms with Gasteiger partial charge in [0.2, 0.25) is 0 Å². The van der Waals surface area contributed by atoms with Crippen LogP contribution in [-0.4, -0.2) is 23.6 Å². The highest BCUT2D eigenvalue weighted by Crippen LogP contribution is 2.32. The summed E-state index contributed by atoms with van der Waals surface area (Å²) in [4.78, 5) is 9.35. The van der Waals surface area contributed by atoms with E-state index in [1.165, 1.54) is 0 Å². The Kier molecular flexibility index (Phi) is 5.80. The second-order valence-corrected chi connectivity index (χ2v) is 6.38. The molecular formula is C15H17BrIN3O. The average molecular weight is 462 g/mol. The van der Waals surface area contributed by atoms with Gasteiger partial charge in [-0.3, -0.25) is 0 Å². The number of aryl methyl sites for hydroxylation is 1. The van der Waals surface area contributed by atoms with E-state index in [2.05, 4.69) is 62.7 Å². The van der Waals surface area contributed by atoms with Gasteiger partial charge in [-0.05, 0) is 54.1 Å². The zero-order valence-corrected chi connectivity index (χ0v) is 15.9. The van der Waals surface area contributed by atoms with Gasteiger partial charge in [0.1, 0.15) is 11.6 Å². The zero-order valence-electron chi connectivity index (χ0n) is 12.2. The fraction of sp³-hybridized carbons (Fsp3) is 0.333. The molecule has 1 aromatic carbocycles. The molecule has 0 aliphatic rings. The second kappa shape index (κ2) is 7.40. The molecule has 112 valence electrons. The molecule has 1 aromatic heterocycles. The Morgan fingerprint density at radius 2 is 2.05 bits per heavy atom. The van der Waals surface area contributed by atoms with Crippen LogP contribution in [0.25, 0.3) is 11.4 Å². The molecule has 0 bridgehead atoms. The maximum absolute atomic E-state index is 5.44. The van der Waals surface area contributed by atoms with E-state index in [0.717, 1.165) is 43.8 Å².